The topological polar surface area (TPSA) is 86.7 Å². The third-order valence-corrected chi connectivity index (χ3v) is 5.22. The number of halogens is 1. The zero-order valence-corrected chi connectivity index (χ0v) is 16.2. The molecule has 6 nitrogen and oxygen atoms in total. The second-order valence-electron chi connectivity index (χ2n) is 7.30. The molecule has 29 heavy (non-hydrogen) atoms. The largest absolute Gasteiger partial charge is 0.481 e. The van der Waals surface area contributed by atoms with Crippen molar-refractivity contribution >= 4 is 23.5 Å². The van der Waals surface area contributed by atoms with Crippen molar-refractivity contribution < 1.29 is 23.9 Å². The van der Waals surface area contributed by atoms with Gasteiger partial charge in [-0.3, -0.25) is 14.4 Å². The summed E-state index contributed by atoms with van der Waals surface area (Å²) in [5, 5.41) is 11.6. The van der Waals surface area contributed by atoms with Gasteiger partial charge in [-0.2, -0.15) is 0 Å². The molecule has 1 aliphatic rings. The molecule has 1 aliphatic heterocycles. The summed E-state index contributed by atoms with van der Waals surface area (Å²) in [6.45, 7) is 2.80. The van der Waals surface area contributed by atoms with Crippen LogP contribution in [-0.4, -0.2) is 40.9 Å². The highest BCUT2D eigenvalue weighted by Gasteiger charge is 2.25. The van der Waals surface area contributed by atoms with Crippen LogP contribution in [0.25, 0.3) is 0 Å². The van der Waals surface area contributed by atoms with Crippen LogP contribution in [0.4, 0.5) is 10.1 Å². The van der Waals surface area contributed by atoms with E-state index in [0.29, 0.717) is 37.2 Å². The van der Waals surface area contributed by atoms with Crippen molar-refractivity contribution in [3.63, 3.8) is 0 Å². The number of amides is 2. The molecule has 0 atom stereocenters. The molecule has 0 radical (unpaired) electrons. The van der Waals surface area contributed by atoms with Gasteiger partial charge in [-0.05, 0) is 55.5 Å². The van der Waals surface area contributed by atoms with Crippen molar-refractivity contribution in [3.8, 4) is 0 Å². The predicted molar refractivity (Wildman–Crippen MR) is 106 cm³/mol. The van der Waals surface area contributed by atoms with Gasteiger partial charge in [0.25, 0.3) is 11.8 Å². The summed E-state index contributed by atoms with van der Waals surface area (Å²) in [5.41, 5.74) is 1.57. The Morgan fingerprint density at radius 3 is 2.48 bits per heavy atom. The van der Waals surface area contributed by atoms with E-state index >= 15 is 0 Å². The molecule has 0 aliphatic carbocycles. The zero-order valence-electron chi connectivity index (χ0n) is 16.2. The van der Waals surface area contributed by atoms with Gasteiger partial charge in [-0.15, -0.1) is 0 Å². The first-order chi connectivity index (χ1) is 13.8. The standard InChI is InChI=1S/C22H23FN2O4/c1-14-6-7-16(22(29)25-10-8-15(9-11-25)12-20(26)27)13-19(14)24-21(28)17-4-2-3-5-18(17)23/h2-7,13,15H,8-12H2,1H3,(H,24,28)(H,26,27). The van der Waals surface area contributed by atoms with Gasteiger partial charge in [0.2, 0.25) is 0 Å². The normalized spacial score (nSPS) is 14.5. The lowest BCUT2D eigenvalue weighted by atomic mass is 9.93. The molecule has 1 fully saturated rings. The summed E-state index contributed by atoms with van der Waals surface area (Å²) >= 11 is 0. The maximum Gasteiger partial charge on any atom is 0.303 e. The van der Waals surface area contributed by atoms with Crippen molar-refractivity contribution in [2.24, 2.45) is 5.92 Å². The number of rotatable bonds is 5. The molecule has 2 aromatic carbocycles. The Labute approximate surface area is 168 Å². The highest BCUT2D eigenvalue weighted by atomic mass is 19.1. The van der Waals surface area contributed by atoms with Crippen molar-refractivity contribution in [3.05, 3.63) is 65.0 Å². The van der Waals surface area contributed by atoms with E-state index in [-0.39, 0.29) is 23.8 Å². The first-order valence-corrected chi connectivity index (χ1v) is 9.52. The second-order valence-corrected chi connectivity index (χ2v) is 7.30. The Morgan fingerprint density at radius 2 is 1.83 bits per heavy atom. The van der Waals surface area contributed by atoms with Crippen molar-refractivity contribution in [2.45, 2.75) is 26.2 Å². The van der Waals surface area contributed by atoms with Crippen LogP contribution in [0.5, 0.6) is 0 Å². The average Bonchev–Trinajstić information content (AvgIpc) is 2.69. The highest BCUT2D eigenvalue weighted by molar-refractivity contribution is 6.05. The number of carboxylic acid groups (broad SMARTS) is 1. The Morgan fingerprint density at radius 1 is 1.14 bits per heavy atom. The minimum absolute atomic E-state index is 0.0656. The van der Waals surface area contributed by atoms with Crippen LogP contribution in [0.2, 0.25) is 0 Å². The maximum absolute atomic E-state index is 13.8. The number of hydrogen-bond donors (Lipinski definition) is 2. The number of carbonyl (C=O) groups is 3. The van der Waals surface area contributed by atoms with Gasteiger partial charge in [-0.1, -0.05) is 18.2 Å². The summed E-state index contributed by atoms with van der Waals surface area (Å²) in [6, 6.07) is 10.7. The zero-order chi connectivity index (χ0) is 21.0. The average molecular weight is 398 g/mol. The smallest absolute Gasteiger partial charge is 0.303 e. The van der Waals surface area contributed by atoms with E-state index in [4.69, 9.17) is 5.11 Å². The molecule has 7 heteroatoms. The number of nitrogens with one attached hydrogen (secondary N) is 1. The maximum atomic E-state index is 13.8. The molecule has 0 bridgehead atoms. The molecule has 0 saturated carbocycles. The van der Waals surface area contributed by atoms with E-state index in [1.54, 1.807) is 36.1 Å². The van der Waals surface area contributed by atoms with Crippen LogP contribution >= 0.6 is 0 Å². The van der Waals surface area contributed by atoms with Crippen molar-refractivity contribution in [1.82, 2.24) is 4.90 Å². The van der Waals surface area contributed by atoms with Crippen LogP contribution in [0, 0.1) is 18.7 Å². The molecule has 3 rings (SSSR count). The number of benzene rings is 2. The summed E-state index contributed by atoms with van der Waals surface area (Å²) in [5.74, 6) is -2.08. The Kier molecular flexibility index (Phi) is 6.26. The van der Waals surface area contributed by atoms with Gasteiger partial charge in [-0.25, -0.2) is 4.39 Å². The molecule has 2 aromatic rings. The number of aryl methyl sites for hydroxylation is 1. The van der Waals surface area contributed by atoms with E-state index in [9.17, 15) is 18.8 Å². The van der Waals surface area contributed by atoms with E-state index in [0.717, 1.165) is 5.56 Å². The molecule has 1 saturated heterocycles. The number of aliphatic carboxylic acids is 1. The molecule has 152 valence electrons. The number of anilines is 1. The minimum Gasteiger partial charge on any atom is -0.481 e. The Balaban J connectivity index is 1.70. The first kappa shape index (κ1) is 20.5. The molecule has 2 N–H and O–H groups in total. The molecular weight excluding hydrogens is 375 g/mol. The number of nitrogens with zero attached hydrogens (tertiary/aromatic N) is 1. The molecule has 0 unspecified atom stereocenters. The minimum atomic E-state index is -0.816. The summed E-state index contributed by atoms with van der Waals surface area (Å²) in [7, 11) is 0. The fourth-order valence-electron chi connectivity index (χ4n) is 3.49. The molecule has 2 amide bonds. The van der Waals surface area contributed by atoms with Crippen molar-refractivity contribution in [1.29, 1.82) is 0 Å². The van der Waals surface area contributed by atoms with Crippen LogP contribution < -0.4 is 5.32 Å². The molecular formula is C22H23FN2O4. The fraction of sp³-hybridized carbons (Fsp3) is 0.318. The van der Waals surface area contributed by atoms with E-state index < -0.39 is 17.7 Å². The molecule has 1 heterocycles. The first-order valence-electron chi connectivity index (χ1n) is 9.52. The van der Waals surface area contributed by atoms with Gasteiger partial charge in [0.15, 0.2) is 0 Å². The van der Waals surface area contributed by atoms with Gasteiger partial charge in [0.1, 0.15) is 5.82 Å². The third kappa shape index (κ3) is 4.99. The van der Waals surface area contributed by atoms with Gasteiger partial charge >= 0.3 is 5.97 Å². The van der Waals surface area contributed by atoms with Crippen LogP contribution in [0.3, 0.4) is 0 Å². The van der Waals surface area contributed by atoms with Crippen LogP contribution in [0.15, 0.2) is 42.5 Å². The fourth-order valence-corrected chi connectivity index (χ4v) is 3.49. The van der Waals surface area contributed by atoms with E-state index in [2.05, 4.69) is 5.32 Å². The number of hydrogen-bond acceptors (Lipinski definition) is 3. The van der Waals surface area contributed by atoms with Crippen LogP contribution in [0.1, 0.15) is 45.5 Å². The van der Waals surface area contributed by atoms with Gasteiger partial charge in [0, 0.05) is 30.8 Å². The number of carbonyl (C=O) groups excluding carboxylic acids is 2. The quantitative estimate of drug-likeness (QED) is 0.804. The molecule has 0 aromatic heterocycles. The number of piperidine rings is 1. The number of carboxylic acids is 1. The van der Waals surface area contributed by atoms with Gasteiger partial charge < -0.3 is 15.3 Å². The monoisotopic (exact) mass is 398 g/mol. The summed E-state index contributed by atoms with van der Waals surface area (Å²) in [6.07, 6.45) is 1.43. The van der Waals surface area contributed by atoms with Gasteiger partial charge in [0.05, 0.1) is 5.56 Å². The predicted octanol–water partition coefficient (Wildman–Crippen LogP) is 3.71. The third-order valence-electron chi connectivity index (χ3n) is 5.22. The summed E-state index contributed by atoms with van der Waals surface area (Å²) in [4.78, 5) is 37.8. The molecule has 0 spiro atoms. The summed E-state index contributed by atoms with van der Waals surface area (Å²) < 4.78 is 13.8. The Hall–Kier alpha value is -3.22. The number of likely N-dealkylation sites (tertiary alicyclic amines) is 1. The SMILES string of the molecule is Cc1ccc(C(=O)N2CCC(CC(=O)O)CC2)cc1NC(=O)c1ccccc1F. The highest BCUT2D eigenvalue weighted by Crippen LogP contribution is 2.24. The van der Waals surface area contributed by atoms with E-state index in [1.165, 1.54) is 18.2 Å². The van der Waals surface area contributed by atoms with Crippen LogP contribution in [-0.2, 0) is 4.79 Å². The Bertz CT molecular complexity index is 936. The van der Waals surface area contributed by atoms with Crippen molar-refractivity contribution in [2.75, 3.05) is 18.4 Å². The lowest BCUT2D eigenvalue weighted by molar-refractivity contribution is -0.138. The lowest BCUT2D eigenvalue weighted by Gasteiger charge is -2.31. The lowest BCUT2D eigenvalue weighted by Crippen LogP contribution is -2.39. The van der Waals surface area contributed by atoms with E-state index in [1.807, 2.05) is 0 Å². The second kappa shape index (κ2) is 8.86.